The molecule has 9 heteroatoms. The van der Waals surface area contributed by atoms with Gasteiger partial charge < -0.3 is 18.9 Å². The molecule has 0 saturated carbocycles. The van der Waals surface area contributed by atoms with E-state index in [2.05, 4.69) is 15.0 Å². The highest BCUT2D eigenvalue weighted by molar-refractivity contribution is 6.30. The van der Waals surface area contributed by atoms with Crippen molar-refractivity contribution < 1.29 is 18.8 Å². The van der Waals surface area contributed by atoms with Gasteiger partial charge in [0.15, 0.2) is 11.5 Å². The number of carbonyl (C=O) groups is 1. The second-order valence-electron chi connectivity index (χ2n) is 7.48. The Labute approximate surface area is 184 Å². The van der Waals surface area contributed by atoms with Gasteiger partial charge in [-0.1, -0.05) is 28.9 Å². The highest BCUT2D eigenvalue weighted by Gasteiger charge is 2.32. The van der Waals surface area contributed by atoms with E-state index < -0.39 is 6.10 Å². The molecule has 1 amide bonds. The predicted octanol–water partition coefficient (Wildman–Crippen LogP) is 2.87. The number of benzene rings is 2. The molecule has 0 aliphatic carbocycles. The molecule has 1 atom stereocenters. The Bertz CT molecular complexity index is 1060. The van der Waals surface area contributed by atoms with Crippen LogP contribution in [0.25, 0.3) is 11.4 Å². The predicted molar refractivity (Wildman–Crippen MR) is 113 cm³/mol. The van der Waals surface area contributed by atoms with Gasteiger partial charge in [-0.2, -0.15) is 4.98 Å². The van der Waals surface area contributed by atoms with Gasteiger partial charge in [0.25, 0.3) is 5.91 Å². The Morgan fingerprint density at radius 2 is 1.77 bits per heavy atom. The highest BCUT2D eigenvalue weighted by atomic mass is 35.5. The first-order valence-electron chi connectivity index (χ1n) is 10.1. The number of ether oxygens (including phenoxy) is 2. The SMILES string of the molecule is O=C([C@H]1COc2ccccc2O1)N1CCN(Cc2nc(-c3ccc(Cl)cc3)no2)CC1. The largest absolute Gasteiger partial charge is 0.485 e. The van der Waals surface area contributed by atoms with Gasteiger partial charge in [0, 0.05) is 36.8 Å². The molecule has 3 aromatic rings. The minimum Gasteiger partial charge on any atom is -0.485 e. The Hall–Kier alpha value is -3.10. The third-order valence-electron chi connectivity index (χ3n) is 5.40. The maximum Gasteiger partial charge on any atom is 0.267 e. The summed E-state index contributed by atoms with van der Waals surface area (Å²) in [5.41, 5.74) is 0.853. The summed E-state index contributed by atoms with van der Waals surface area (Å²) >= 11 is 5.93. The highest BCUT2D eigenvalue weighted by Crippen LogP contribution is 2.31. The molecule has 2 aliphatic rings. The molecule has 0 radical (unpaired) electrons. The van der Waals surface area contributed by atoms with Crippen molar-refractivity contribution in [2.45, 2.75) is 12.6 Å². The molecule has 0 unspecified atom stereocenters. The number of aromatic nitrogens is 2. The van der Waals surface area contributed by atoms with E-state index in [1.807, 2.05) is 41.3 Å². The van der Waals surface area contributed by atoms with Crippen molar-refractivity contribution in [2.75, 3.05) is 32.8 Å². The second-order valence-corrected chi connectivity index (χ2v) is 7.92. The summed E-state index contributed by atoms with van der Waals surface area (Å²) in [5.74, 6) is 2.32. The third kappa shape index (κ3) is 4.35. The second kappa shape index (κ2) is 8.56. The van der Waals surface area contributed by atoms with Crippen molar-refractivity contribution in [1.29, 1.82) is 0 Å². The molecule has 0 bridgehead atoms. The van der Waals surface area contributed by atoms with E-state index >= 15 is 0 Å². The van der Waals surface area contributed by atoms with Crippen molar-refractivity contribution in [3.63, 3.8) is 0 Å². The summed E-state index contributed by atoms with van der Waals surface area (Å²) in [6.45, 7) is 3.42. The number of hydrogen-bond donors (Lipinski definition) is 0. The van der Waals surface area contributed by atoms with Gasteiger partial charge in [-0.15, -0.1) is 0 Å². The van der Waals surface area contributed by atoms with Gasteiger partial charge in [-0.25, -0.2) is 0 Å². The number of hydrogen-bond acceptors (Lipinski definition) is 7. The molecule has 1 fully saturated rings. The molecule has 1 saturated heterocycles. The summed E-state index contributed by atoms with van der Waals surface area (Å²) in [7, 11) is 0. The zero-order valence-corrected chi connectivity index (χ0v) is 17.5. The average molecular weight is 441 g/mol. The van der Waals surface area contributed by atoms with Crippen LogP contribution in [0.5, 0.6) is 11.5 Å². The van der Waals surface area contributed by atoms with Crippen LogP contribution in [0.15, 0.2) is 53.1 Å². The molecule has 160 valence electrons. The third-order valence-corrected chi connectivity index (χ3v) is 5.65. The monoisotopic (exact) mass is 440 g/mol. The van der Waals surface area contributed by atoms with Gasteiger partial charge in [0.2, 0.25) is 17.8 Å². The lowest BCUT2D eigenvalue weighted by atomic mass is 10.2. The van der Waals surface area contributed by atoms with E-state index in [1.165, 1.54) is 0 Å². The first kappa shape index (κ1) is 19.8. The van der Waals surface area contributed by atoms with Crippen LogP contribution in [0.1, 0.15) is 5.89 Å². The first-order chi connectivity index (χ1) is 15.2. The van der Waals surface area contributed by atoms with Gasteiger partial charge in [-0.05, 0) is 36.4 Å². The van der Waals surface area contributed by atoms with Gasteiger partial charge in [0.05, 0.1) is 6.54 Å². The van der Waals surface area contributed by atoms with E-state index in [0.29, 0.717) is 61.0 Å². The smallest absolute Gasteiger partial charge is 0.267 e. The van der Waals surface area contributed by atoms with Crippen LogP contribution in [0.3, 0.4) is 0 Å². The Kier molecular flexibility index (Phi) is 5.48. The van der Waals surface area contributed by atoms with E-state index in [1.54, 1.807) is 12.1 Å². The molecular formula is C22H21ClN4O4. The fourth-order valence-corrected chi connectivity index (χ4v) is 3.82. The molecule has 2 aromatic carbocycles. The summed E-state index contributed by atoms with van der Waals surface area (Å²) < 4.78 is 16.9. The standard InChI is InChI=1S/C22H21ClN4O4/c23-16-7-5-15(6-8-16)21-24-20(31-25-21)13-26-9-11-27(12-10-26)22(28)19-14-29-17-3-1-2-4-18(17)30-19/h1-8,19H,9-14H2/t19-/m1/s1. The van der Waals surface area contributed by atoms with Crippen molar-refractivity contribution in [2.24, 2.45) is 0 Å². The molecule has 0 spiro atoms. The summed E-state index contributed by atoms with van der Waals surface area (Å²) in [6, 6.07) is 14.7. The van der Waals surface area contributed by atoms with Gasteiger partial charge in [0.1, 0.15) is 6.61 Å². The number of halogens is 1. The Morgan fingerprint density at radius 3 is 2.55 bits per heavy atom. The minimum atomic E-state index is -0.612. The molecule has 5 rings (SSSR count). The fraction of sp³-hybridized carbons (Fsp3) is 0.318. The van der Waals surface area contributed by atoms with Gasteiger partial charge in [-0.3, -0.25) is 9.69 Å². The minimum absolute atomic E-state index is 0.0445. The number of carbonyl (C=O) groups excluding carboxylic acids is 1. The number of rotatable bonds is 4. The maximum atomic E-state index is 12.9. The first-order valence-corrected chi connectivity index (χ1v) is 10.5. The number of para-hydroxylation sites is 2. The summed E-state index contributed by atoms with van der Waals surface area (Å²) in [4.78, 5) is 21.4. The number of nitrogens with zero attached hydrogens (tertiary/aromatic N) is 4. The lowest BCUT2D eigenvalue weighted by Crippen LogP contribution is -2.53. The molecule has 2 aliphatic heterocycles. The zero-order valence-electron chi connectivity index (χ0n) is 16.7. The summed E-state index contributed by atoms with van der Waals surface area (Å²) in [5, 5.41) is 4.71. The van der Waals surface area contributed by atoms with Crippen molar-refractivity contribution in [3.05, 3.63) is 59.4 Å². The van der Waals surface area contributed by atoms with Crippen LogP contribution < -0.4 is 9.47 Å². The van der Waals surface area contributed by atoms with E-state index in [4.69, 9.17) is 25.6 Å². The molecular weight excluding hydrogens is 420 g/mol. The molecule has 1 aromatic heterocycles. The van der Waals surface area contributed by atoms with Gasteiger partial charge >= 0.3 is 0 Å². The van der Waals surface area contributed by atoms with Crippen LogP contribution in [0.4, 0.5) is 0 Å². The van der Waals surface area contributed by atoms with E-state index in [0.717, 1.165) is 5.56 Å². The van der Waals surface area contributed by atoms with Crippen LogP contribution in [0.2, 0.25) is 5.02 Å². The van der Waals surface area contributed by atoms with E-state index in [9.17, 15) is 4.79 Å². The van der Waals surface area contributed by atoms with E-state index in [-0.39, 0.29) is 12.5 Å². The van der Waals surface area contributed by atoms with Crippen LogP contribution in [-0.4, -0.2) is 64.7 Å². The van der Waals surface area contributed by atoms with Crippen molar-refractivity contribution >= 4 is 17.5 Å². The van der Waals surface area contributed by atoms with Crippen LogP contribution in [0, 0.1) is 0 Å². The molecule has 8 nitrogen and oxygen atoms in total. The van der Waals surface area contributed by atoms with Crippen molar-refractivity contribution in [3.8, 4) is 22.9 Å². The fourth-order valence-electron chi connectivity index (χ4n) is 3.70. The average Bonchev–Trinajstić information content (AvgIpc) is 3.27. The maximum absolute atomic E-state index is 12.9. The topological polar surface area (TPSA) is 80.9 Å². The number of piperazine rings is 1. The lowest BCUT2D eigenvalue weighted by Gasteiger charge is -2.36. The van der Waals surface area contributed by atoms with Crippen LogP contribution in [-0.2, 0) is 11.3 Å². The Balaban J connectivity index is 1.14. The molecule has 3 heterocycles. The molecule has 0 N–H and O–H groups in total. The number of fused-ring (bicyclic) bond motifs is 1. The zero-order chi connectivity index (χ0) is 21.2. The lowest BCUT2D eigenvalue weighted by molar-refractivity contribution is -0.143. The quantitative estimate of drug-likeness (QED) is 0.617. The summed E-state index contributed by atoms with van der Waals surface area (Å²) in [6.07, 6.45) is -0.612. The number of amides is 1. The van der Waals surface area contributed by atoms with Crippen molar-refractivity contribution in [1.82, 2.24) is 19.9 Å². The Morgan fingerprint density at radius 1 is 1.03 bits per heavy atom. The van der Waals surface area contributed by atoms with Crippen LogP contribution >= 0.6 is 11.6 Å². The normalized spacial score (nSPS) is 18.7. The molecule has 31 heavy (non-hydrogen) atoms.